The summed E-state index contributed by atoms with van der Waals surface area (Å²) in [5.74, 6) is 1.01. The Balaban J connectivity index is 2.60. The molecule has 1 aromatic carbocycles. The third-order valence-corrected chi connectivity index (χ3v) is 2.60. The first-order chi connectivity index (χ1) is 9.21. The van der Waals surface area contributed by atoms with Crippen LogP contribution in [0.3, 0.4) is 0 Å². The van der Waals surface area contributed by atoms with Gasteiger partial charge in [-0.15, -0.1) is 0 Å². The van der Waals surface area contributed by atoms with Crippen LogP contribution in [0.4, 0.5) is 0 Å². The summed E-state index contributed by atoms with van der Waals surface area (Å²) >= 11 is 0. The van der Waals surface area contributed by atoms with E-state index in [0.717, 1.165) is 18.7 Å². The Morgan fingerprint density at radius 2 is 2.05 bits per heavy atom. The van der Waals surface area contributed by atoms with Crippen molar-refractivity contribution in [3.05, 3.63) is 23.8 Å². The number of hydrogen-bond donors (Lipinski definition) is 1. The molecule has 0 saturated heterocycles. The normalized spacial score (nSPS) is 10.1. The molecule has 0 aromatic heterocycles. The average Bonchev–Trinajstić information content (AvgIpc) is 2.45. The fourth-order valence-electron chi connectivity index (χ4n) is 1.56. The zero-order chi connectivity index (χ0) is 14.1. The van der Waals surface area contributed by atoms with E-state index in [-0.39, 0.29) is 19.0 Å². The van der Waals surface area contributed by atoms with Crippen molar-refractivity contribution >= 4 is 5.97 Å². The summed E-state index contributed by atoms with van der Waals surface area (Å²) in [6.07, 6.45) is 0.221. The maximum Gasteiger partial charge on any atom is 0.308 e. The molecule has 0 spiro atoms. The molecule has 0 saturated carbocycles. The lowest BCUT2D eigenvalue weighted by atomic mass is 10.2. The van der Waals surface area contributed by atoms with Gasteiger partial charge in [0, 0.05) is 6.54 Å². The Morgan fingerprint density at radius 1 is 1.26 bits per heavy atom. The molecule has 0 radical (unpaired) electrons. The number of carbonyl (C=O) groups excluding carboxylic acids is 1. The van der Waals surface area contributed by atoms with Crippen molar-refractivity contribution in [3.8, 4) is 11.5 Å². The van der Waals surface area contributed by atoms with E-state index in [2.05, 4.69) is 17.0 Å². The van der Waals surface area contributed by atoms with Crippen molar-refractivity contribution in [1.29, 1.82) is 0 Å². The fourth-order valence-corrected chi connectivity index (χ4v) is 1.56. The highest BCUT2D eigenvalue weighted by molar-refractivity contribution is 5.69. The molecular formula is C14H21NO4. The Bertz CT molecular complexity index is 406. The molecule has 106 valence electrons. The van der Waals surface area contributed by atoms with Gasteiger partial charge in [0.2, 0.25) is 0 Å². The molecule has 1 N–H and O–H groups in total. The summed E-state index contributed by atoms with van der Waals surface area (Å²) in [4.78, 5) is 11.0. The van der Waals surface area contributed by atoms with Crippen molar-refractivity contribution in [1.82, 2.24) is 5.32 Å². The van der Waals surface area contributed by atoms with Crippen molar-refractivity contribution in [3.63, 3.8) is 0 Å². The SMILES string of the molecule is CCNCc1ccc(OCCC(=O)OC)c(OC)c1. The third-order valence-electron chi connectivity index (χ3n) is 2.60. The highest BCUT2D eigenvalue weighted by atomic mass is 16.5. The van der Waals surface area contributed by atoms with Gasteiger partial charge < -0.3 is 19.5 Å². The molecule has 0 aliphatic heterocycles. The molecule has 0 aliphatic rings. The third kappa shape index (κ3) is 5.18. The quantitative estimate of drug-likeness (QED) is 0.727. The van der Waals surface area contributed by atoms with Crippen LogP contribution in [0.5, 0.6) is 11.5 Å². The van der Waals surface area contributed by atoms with Crippen LogP contribution in [0.25, 0.3) is 0 Å². The predicted octanol–water partition coefficient (Wildman–Crippen LogP) is 1.75. The number of rotatable bonds is 8. The summed E-state index contributed by atoms with van der Waals surface area (Å²) in [5, 5.41) is 3.24. The molecule has 0 aliphatic carbocycles. The van der Waals surface area contributed by atoms with E-state index in [0.29, 0.717) is 11.5 Å². The number of methoxy groups -OCH3 is 2. The minimum absolute atomic E-state index is 0.221. The van der Waals surface area contributed by atoms with Gasteiger partial charge in [0.25, 0.3) is 0 Å². The van der Waals surface area contributed by atoms with E-state index < -0.39 is 0 Å². The van der Waals surface area contributed by atoms with Gasteiger partial charge in [0.05, 0.1) is 27.2 Å². The van der Waals surface area contributed by atoms with Gasteiger partial charge >= 0.3 is 5.97 Å². The molecule has 0 atom stereocenters. The second kappa shape index (κ2) is 8.37. The van der Waals surface area contributed by atoms with Crippen molar-refractivity contribution in [2.45, 2.75) is 19.9 Å². The maximum absolute atomic E-state index is 11.0. The molecule has 0 heterocycles. The Kier molecular flexibility index (Phi) is 6.74. The molecule has 0 bridgehead atoms. The Morgan fingerprint density at radius 3 is 2.68 bits per heavy atom. The summed E-state index contributed by atoms with van der Waals surface area (Å²) in [6, 6.07) is 5.75. The number of ether oxygens (including phenoxy) is 3. The van der Waals surface area contributed by atoms with Crippen LogP contribution >= 0.6 is 0 Å². The van der Waals surface area contributed by atoms with Crippen LogP contribution in [0.15, 0.2) is 18.2 Å². The molecular weight excluding hydrogens is 246 g/mol. The number of hydrogen-bond acceptors (Lipinski definition) is 5. The first-order valence-electron chi connectivity index (χ1n) is 6.28. The van der Waals surface area contributed by atoms with Gasteiger partial charge in [-0.3, -0.25) is 4.79 Å². The summed E-state index contributed by atoms with van der Waals surface area (Å²) < 4.78 is 15.3. The molecule has 5 nitrogen and oxygen atoms in total. The monoisotopic (exact) mass is 267 g/mol. The molecule has 0 unspecified atom stereocenters. The first-order valence-corrected chi connectivity index (χ1v) is 6.28. The van der Waals surface area contributed by atoms with Gasteiger partial charge in [0.1, 0.15) is 0 Å². The first kappa shape index (κ1) is 15.3. The molecule has 1 rings (SSSR count). The predicted molar refractivity (Wildman–Crippen MR) is 72.5 cm³/mol. The topological polar surface area (TPSA) is 56.8 Å². The summed E-state index contributed by atoms with van der Waals surface area (Å²) in [5.41, 5.74) is 1.12. The lowest BCUT2D eigenvalue weighted by molar-refractivity contribution is -0.141. The molecule has 19 heavy (non-hydrogen) atoms. The van der Waals surface area contributed by atoms with E-state index in [1.165, 1.54) is 7.11 Å². The maximum atomic E-state index is 11.0. The molecule has 1 aromatic rings. The van der Waals surface area contributed by atoms with Crippen molar-refractivity contribution in [2.24, 2.45) is 0 Å². The molecule has 0 amide bonds. The number of esters is 1. The summed E-state index contributed by atoms with van der Waals surface area (Å²) in [6.45, 7) is 4.03. The standard InChI is InChI=1S/C14H21NO4/c1-4-15-10-11-5-6-12(13(9-11)17-2)19-8-7-14(16)18-3/h5-6,9,15H,4,7-8,10H2,1-3H3. The van der Waals surface area contributed by atoms with Gasteiger partial charge in [-0.2, -0.15) is 0 Å². The van der Waals surface area contributed by atoms with E-state index in [4.69, 9.17) is 9.47 Å². The van der Waals surface area contributed by atoms with Crippen LogP contribution < -0.4 is 14.8 Å². The lowest BCUT2D eigenvalue weighted by Crippen LogP contribution is -2.12. The zero-order valence-electron chi connectivity index (χ0n) is 11.7. The number of nitrogens with one attached hydrogen (secondary N) is 1. The second-order valence-corrected chi connectivity index (χ2v) is 3.94. The van der Waals surface area contributed by atoms with Crippen LogP contribution in [0, 0.1) is 0 Å². The van der Waals surface area contributed by atoms with Gasteiger partial charge in [0.15, 0.2) is 11.5 Å². The Hall–Kier alpha value is -1.75. The minimum atomic E-state index is -0.289. The average molecular weight is 267 g/mol. The molecule has 0 fully saturated rings. The van der Waals surface area contributed by atoms with E-state index in [1.807, 2.05) is 18.2 Å². The van der Waals surface area contributed by atoms with Crippen LogP contribution in [0.1, 0.15) is 18.9 Å². The number of benzene rings is 1. The fraction of sp³-hybridized carbons (Fsp3) is 0.500. The highest BCUT2D eigenvalue weighted by Gasteiger charge is 2.07. The van der Waals surface area contributed by atoms with Gasteiger partial charge in [-0.05, 0) is 24.2 Å². The van der Waals surface area contributed by atoms with E-state index in [1.54, 1.807) is 7.11 Å². The zero-order valence-corrected chi connectivity index (χ0v) is 11.7. The van der Waals surface area contributed by atoms with Crippen molar-refractivity contribution in [2.75, 3.05) is 27.4 Å². The number of carbonyl (C=O) groups is 1. The van der Waals surface area contributed by atoms with Crippen LogP contribution in [-0.4, -0.2) is 33.3 Å². The van der Waals surface area contributed by atoms with Crippen LogP contribution in [-0.2, 0) is 16.1 Å². The Labute approximate surface area is 113 Å². The minimum Gasteiger partial charge on any atom is -0.493 e. The lowest BCUT2D eigenvalue weighted by Gasteiger charge is -2.12. The molecule has 5 heteroatoms. The van der Waals surface area contributed by atoms with Crippen LogP contribution in [0.2, 0.25) is 0 Å². The van der Waals surface area contributed by atoms with Gasteiger partial charge in [-0.1, -0.05) is 13.0 Å². The van der Waals surface area contributed by atoms with Crippen molar-refractivity contribution < 1.29 is 19.0 Å². The summed E-state index contributed by atoms with van der Waals surface area (Å²) in [7, 11) is 2.96. The second-order valence-electron chi connectivity index (χ2n) is 3.94. The largest absolute Gasteiger partial charge is 0.493 e. The van der Waals surface area contributed by atoms with E-state index in [9.17, 15) is 4.79 Å². The van der Waals surface area contributed by atoms with Gasteiger partial charge in [-0.25, -0.2) is 0 Å². The van der Waals surface area contributed by atoms with E-state index >= 15 is 0 Å². The highest BCUT2D eigenvalue weighted by Crippen LogP contribution is 2.28. The smallest absolute Gasteiger partial charge is 0.308 e.